The van der Waals surface area contributed by atoms with E-state index >= 15 is 0 Å². The first-order valence-corrected chi connectivity index (χ1v) is 9.52. The summed E-state index contributed by atoms with van der Waals surface area (Å²) in [5, 5.41) is 12.3. The van der Waals surface area contributed by atoms with Gasteiger partial charge in [-0.1, -0.05) is 0 Å². The molecule has 1 amide bonds. The van der Waals surface area contributed by atoms with Crippen molar-refractivity contribution in [3.63, 3.8) is 0 Å². The molecule has 0 saturated heterocycles. The number of aromatic nitrogens is 3. The highest BCUT2D eigenvalue weighted by molar-refractivity contribution is 7.98. The number of nitrogens with zero attached hydrogens (tertiary/aromatic N) is 3. The van der Waals surface area contributed by atoms with Gasteiger partial charge in [0.25, 0.3) is 0 Å². The highest BCUT2D eigenvalue weighted by atomic mass is 32.2. The van der Waals surface area contributed by atoms with Crippen molar-refractivity contribution in [2.24, 2.45) is 7.05 Å². The van der Waals surface area contributed by atoms with E-state index in [0.717, 1.165) is 23.2 Å². The monoisotopic (exact) mass is 358 g/mol. The van der Waals surface area contributed by atoms with Gasteiger partial charge in [-0.3, -0.25) is 4.79 Å². The van der Waals surface area contributed by atoms with Crippen molar-refractivity contribution < 1.29 is 9.90 Å². The number of hydrogen-bond acceptors (Lipinski definition) is 4. The molecule has 0 aliphatic carbocycles. The first-order valence-electron chi connectivity index (χ1n) is 8.12. The van der Waals surface area contributed by atoms with Crippen molar-refractivity contribution in [3.8, 4) is 0 Å². The number of aliphatic hydroxyl groups excluding tert-OH is 1. The van der Waals surface area contributed by atoms with Gasteiger partial charge in [0, 0.05) is 25.1 Å². The zero-order valence-electron chi connectivity index (χ0n) is 14.3. The molecule has 1 aromatic carbocycles. The lowest BCUT2D eigenvalue weighted by Gasteiger charge is -2.18. The number of nitrogens with one attached hydrogen (secondary N) is 1. The van der Waals surface area contributed by atoms with Crippen LogP contribution in [0.15, 0.2) is 42.7 Å². The van der Waals surface area contributed by atoms with Gasteiger partial charge in [0.15, 0.2) is 0 Å². The normalized spacial score (nSPS) is 12.4. The number of hydrogen-bond donors (Lipinski definition) is 2. The van der Waals surface area contributed by atoms with E-state index in [1.807, 2.05) is 65.2 Å². The number of thioether (sulfide) groups is 1. The van der Waals surface area contributed by atoms with Crippen LogP contribution in [0.3, 0.4) is 0 Å². The van der Waals surface area contributed by atoms with E-state index in [0.29, 0.717) is 11.5 Å². The number of carbonyl (C=O) groups excluding carboxylic acids is 1. The predicted molar refractivity (Wildman–Crippen MR) is 102 cm³/mol. The second kappa shape index (κ2) is 7.76. The zero-order valence-corrected chi connectivity index (χ0v) is 15.2. The fraction of sp³-hybridized carbons (Fsp3) is 0.333. The minimum absolute atomic E-state index is 0.0390. The van der Waals surface area contributed by atoms with Crippen LogP contribution >= 0.6 is 11.8 Å². The first kappa shape index (κ1) is 17.6. The molecule has 3 rings (SSSR count). The molecule has 0 spiro atoms. The average Bonchev–Trinajstić information content (AvgIpc) is 3.23. The number of aryl methyl sites for hydroxylation is 1. The lowest BCUT2D eigenvalue weighted by molar-refractivity contribution is -0.119. The number of benzene rings is 1. The Morgan fingerprint density at radius 1 is 1.36 bits per heavy atom. The van der Waals surface area contributed by atoms with Gasteiger partial charge in [0.2, 0.25) is 5.91 Å². The number of rotatable bonds is 7. The van der Waals surface area contributed by atoms with Gasteiger partial charge >= 0.3 is 0 Å². The second-order valence-electron chi connectivity index (χ2n) is 5.87. The van der Waals surface area contributed by atoms with Gasteiger partial charge in [-0.2, -0.15) is 11.8 Å². The van der Waals surface area contributed by atoms with Gasteiger partial charge < -0.3 is 19.6 Å². The van der Waals surface area contributed by atoms with Crippen LogP contribution in [0.4, 0.5) is 5.69 Å². The molecule has 7 heteroatoms. The summed E-state index contributed by atoms with van der Waals surface area (Å²) in [5.41, 5.74) is 2.39. The Labute approximate surface area is 150 Å². The van der Waals surface area contributed by atoms with E-state index in [1.165, 1.54) is 0 Å². The molecule has 0 unspecified atom stereocenters. The predicted octanol–water partition coefficient (Wildman–Crippen LogP) is 2.80. The second-order valence-corrected chi connectivity index (χ2v) is 6.85. The molecule has 2 aromatic heterocycles. The van der Waals surface area contributed by atoms with Crippen LogP contribution in [0, 0.1) is 0 Å². The third-order valence-corrected chi connectivity index (χ3v) is 4.91. The molecule has 25 heavy (non-hydrogen) atoms. The van der Waals surface area contributed by atoms with Gasteiger partial charge in [-0.15, -0.1) is 0 Å². The summed E-state index contributed by atoms with van der Waals surface area (Å²) < 4.78 is 3.79. The van der Waals surface area contributed by atoms with E-state index in [-0.39, 0.29) is 18.6 Å². The Hall–Kier alpha value is -2.25. The number of imidazole rings is 1. The molecule has 132 valence electrons. The molecule has 6 nitrogen and oxygen atoms in total. The van der Waals surface area contributed by atoms with Crippen molar-refractivity contribution >= 4 is 34.4 Å². The molecule has 0 aliphatic heterocycles. The maximum absolute atomic E-state index is 12.8. The minimum Gasteiger partial charge on any atom is -0.388 e. The van der Waals surface area contributed by atoms with E-state index < -0.39 is 0 Å². The summed E-state index contributed by atoms with van der Waals surface area (Å²) in [7, 11) is 1.86. The van der Waals surface area contributed by atoms with Crippen LogP contribution < -0.4 is 5.32 Å². The first-order chi connectivity index (χ1) is 12.1. The molecule has 1 atom stereocenters. The lowest BCUT2D eigenvalue weighted by Crippen LogP contribution is -2.25. The highest BCUT2D eigenvalue weighted by Crippen LogP contribution is 2.22. The fourth-order valence-corrected chi connectivity index (χ4v) is 3.35. The smallest absolute Gasteiger partial charge is 0.247 e. The van der Waals surface area contributed by atoms with Gasteiger partial charge in [0.05, 0.1) is 11.0 Å². The SMILES string of the molecule is CSCC[C@H](C(=O)Nc1ccc2c(c1)nc(CO)n2C)n1cccc1. The summed E-state index contributed by atoms with van der Waals surface area (Å²) in [5.74, 6) is 1.47. The van der Waals surface area contributed by atoms with Crippen LogP contribution in [0.1, 0.15) is 18.3 Å². The van der Waals surface area contributed by atoms with Crippen LogP contribution in [0.5, 0.6) is 0 Å². The molecule has 0 saturated carbocycles. The van der Waals surface area contributed by atoms with Gasteiger partial charge in [-0.05, 0) is 48.8 Å². The molecular formula is C18H22N4O2S. The van der Waals surface area contributed by atoms with Crippen molar-refractivity contribution in [2.75, 3.05) is 17.3 Å². The van der Waals surface area contributed by atoms with Gasteiger partial charge in [-0.25, -0.2) is 4.98 Å². The van der Waals surface area contributed by atoms with Crippen molar-refractivity contribution in [1.82, 2.24) is 14.1 Å². The number of anilines is 1. The molecule has 0 bridgehead atoms. The lowest BCUT2D eigenvalue weighted by atomic mass is 10.2. The summed E-state index contributed by atoms with van der Waals surface area (Å²) in [4.78, 5) is 17.2. The van der Waals surface area contributed by atoms with Crippen molar-refractivity contribution in [3.05, 3.63) is 48.5 Å². The third kappa shape index (κ3) is 3.72. The van der Waals surface area contributed by atoms with Crippen LogP contribution in [-0.2, 0) is 18.4 Å². The Morgan fingerprint density at radius 3 is 2.80 bits per heavy atom. The topological polar surface area (TPSA) is 72.1 Å². The Bertz CT molecular complexity index is 857. The number of carbonyl (C=O) groups is 1. The van der Waals surface area contributed by atoms with E-state index in [1.54, 1.807) is 11.8 Å². The number of fused-ring (bicyclic) bond motifs is 1. The van der Waals surface area contributed by atoms with Crippen LogP contribution in [0.2, 0.25) is 0 Å². The zero-order chi connectivity index (χ0) is 17.8. The van der Waals surface area contributed by atoms with Crippen molar-refractivity contribution in [2.45, 2.75) is 19.1 Å². The van der Waals surface area contributed by atoms with Crippen LogP contribution in [-0.4, -0.2) is 37.1 Å². The molecule has 2 heterocycles. The maximum atomic E-state index is 12.8. The summed E-state index contributed by atoms with van der Waals surface area (Å²) in [6.45, 7) is -0.114. The molecule has 3 aromatic rings. The molecular weight excluding hydrogens is 336 g/mol. The third-order valence-electron chi connectivity index (χ3n) is 4.27. The molecule has 0 radical (unpaired) electrons. The quantitative estimate of drug-likeness (QED) is 0.681. The Kier molecular flexibility index (Phi) is 5.45. The number of amides is 1. The molecule has 2 N–H and O–H groups in total. The van der Waals surface area contributed by atoms with E-state index in [2.05, 4.69) is 10.3 Å². The van der Waals surface area contributed by atoms with E-state index in [4.69, 9.17) is 0 Å². The molecule has 0 fully saturated rings. The van der Waals surface area contributed by atoms with Gasteiger partial charge in [0.1, 0.15) is 18.5 Å². The summed E-state index contributed by atoms with van der Waals surface area (Å²) in [6.07, 6.45) is 6.64. The van der Waals surface area contributed by atoms with Crippen LogP contribution in [0.25, 0.3) is 11.0 Å². The maximum Gasteiger partial charge on any atom is 0.247 e. The average molecular weight is 358 g/mol. The highest BCUT2D eigenvalue weighted by Gasteiger charge is 2.19. The molecule has 0 aliphatic rings. The summed E-state index contributed by atoms with van der Waals surface area (Å²) >= 11 is 1.73. The summed E-state index contributed by atoms with van der Waals surface area (Å²) in [6, 6.07) is 9.22. The Balaban J connectivity index is 1.82. The fourth-order valence-electron chi connectivity index (χ4n) is 2.90. The Morgan fingerprint density at radius 2 is 2.12 bits per heavy atom. The van der Waals surface area contributed by atoms with Crippen molar-refractivity contribution in [1.29, 1.82) is 0 Å². The largest absolute Gasteiger partial charge is 0.388 e. The minimum atomic E-state index is -0.241. The van der Waals surface area contributed by atoms with E-state index in [9.17, 15) is 9.90 Å². The standard InChI is InChI=1S/C18H22N4O2S/c1-21-15-6-5-13(11-14(15)20-17(21)12-23)19-18(24)16(7-10-25-2)22-8-3-4-9-22/h3-6,8-9,11,16,23H,7,10,12H2,1-2H3,(H,19,24)/t16-/m1/s1. The number of aliphatic hydroxyl groups is 1.